The lowest BCUT2D eigenvalue weighted by Gasteiger charge is -2.18. The van der Waals surface area contributed by atoms with Crippen LogP contribution in [0.5, 0.6) is 0 Å². The molecule has 1 aliphatic rings. The number of hydrogen-bond acceptors (Lipinski definition) is 3. The van der Waals surface area contributed by atoms with Gasteiger partial charge < -0.3 is 15.7 Å². The Hall–Kier alpha value is -0.610. The minimum atomic E-state index is 0.0667. The van der Waals surface area contributed by atoms with Gasteiger partial charge in [-0.15, -0.1) is 0 Å². The highest BCUT2D eigenvalue weighted by atomic mass is 16.3. The van der Waals surface area contributed by atoms with Crippen LogP contribution in [0.1, 0.15) is 39.0 Å². The average Bonchev–Trinajstić information content (AvgIpc) is 2.74. The summed E-state index contributed by atoms with van der Waals surface area (Å²) < 4.78 is 0. The fourth-order valence-corrected chi connectivity index (χ4v) is 2.21. The van der Waals surface area contributed by atoms with Gasteiger partial charge >= 0.3 is 0 Å². The number of unbranched alkanes of at least 4 members (excludes halogenated alkanes) is 1. The molecule has 0 aliphatic heterocycles. The molecule has 2 unspecified atom stereocenters. The van der Waals surface area contributed by atoms with E-state index in [4.69, 9.17) is 5.11 Å². The fraction of sp³-hybridized carbons (Fsp3) is 0.917. The van der Waals surface area contributed by atoms with Crippen molar-refractivity contribution in [2.45, 2.75) is 45.1 Å². The second-order valence-electron chi connectivity index (χ2n) is 4.56. The van der Waals surface area contributed by atoms with E-state index >= 15 is 0 Å². The lowest BCUT2D eigenvalue weighted by atomic mass is 10.1. The standard InChI is InChI=1S/C12H24N2O2/c1-2-3-7-13-12(16)8-14-11-6-4-5-10(11)9-15/h10-11,14-15H,2-9H2,1H3,(H,13,16). The predicted molar refractivity (Wildman–Crippen MR) is 64.1 cm³/mol. The first-order valence-electron chi connectivity index (χ1n) is 6.38. The molecule has 2 atom stereocenters. The molecule has 0 saturated heterocycles. The van der Waals surface area contributed by atoms with Crippen molar-refractivity contribution < 1.29 is 9.90 Å². The Balaban J connectivity index is 2.11. The molecular formula is C12H24N2O2. The topological polar surface area (TPSA) is 61.4 Å². The van der Waals surface area contributed by atoms with E-state index in [1.807, 2.05) is 0 Å². The quantitative estimate of drug-likeness (QED) is 0.561. The summed E-state index contributed by atoms with van der Waals surface area (Å²) in [6, 6.07) is 0.321. The molecular weight excluding hydrogens is 204 g/mol. The number of aliphatic hydroxyl groups is 1. The highest BCUT2D eigenvalue weighted by molar-refractivity contribution is 5.77. The van der Waals surface area contributed by atoms with Crippen molar-refractivity contribution in [1.29, 1.82) is 0 Å². The Labute approximate surface area is 97.8 Å². The monoisotopic (exact) mass is 228 g/mol. The molecule has 0 radical (unpaired) electrons. The van der Waals surface area contributed by atoms with Crippen molar-refractivity contribution >= 4 is 5.91 Å². The molecule has 94 valence electrons. The van der Waals surface area contributed by atoms with E-state index in [-0.39, 0.29) is 12.5 Å². The molecule has 0 aromatic heterocycles. The van der Waals surface area contributed by atoms with Crippen molar-refractivity contribution in [1.82, 2.24) is 10.6 Å². The lowest BCUT2D eigenvalue weighted by Crippen LogP contribution is -2.41. The number of amides is 1. The summed E-state index contributed by atoms with van der Waals surface area (Å²) in [5, 5.41) is 15.2. The number of carbonyl (C=O) groups is 1. The first-order valence-corrected chi connectivity index (χ1v) is 6.38. The maximum absolute atomic E-state index is 11.4. The third-order valence-corrected chi connectivity index (χ3v) is 3.27. The molecule has 3 N–H and O–H groups in total. The summed E-state index contributed by atoms with van der Waals surface area (Å²) in [4.78, 5) is 11.4. The highest BCUT2D eigenvalue weighted by Crippen LogP contribution is 2.24. The Morgan fingerprint density at radius 3 is 2.94 bits per heavy atom. The van der Waals surface area contributed by atoms with Crippen LogP contribution in [0, 0.1) is 5.92 Å². The second kappa shape index (κ2) is 7.63. The van der Waals surface area contributed by atoms with Gasteiger partial charge in [-0.1, -0.05) is 19.8 Å². The minimum absolute atomic E-state index is 0.0667. The van der Waals surface area contributed by atoms with Crippen molar-refractivity contribution in [2.24, 2.45) is 5.92 Å². The third kappa shape index (κ3) is 4.49. The Bertz CT molecular complexity index is 209. The van der Waals surface area contributed by atoms with Gasteiger partial charge in [-0.2, -0.15) is 0 Å². The van der Waals surface area contributed by atoms with Gasteiger partial charge in [0.2, 0.25) is 5.91 Å². The zero-order valence-corrected chi connectivity index (χ0v) is 10.2. The normalized spacial score (nSPS) is 24.6. The number of nitrogens with one attached hydrogen (secondary N) is 2. The van der Waals surface area contributed by atoms with Crippen LogP contribution in [0.25, 0.3) is 0 Å². The SMILES string of the molecule is CCCCNC(=O)CNC1CCCC1CO. The van der Waals surface area contributed by atoms with Crippen LogP contribution in [0.15, 0.2) is 0 Å². The van der Waals surface area contributed by atoms with Crippen LogP contribution >= 0.6 is 0 Å². The van der Waals surface area contributed by atoms with Gasteiger partial charge in [0.25, 0.3) is 0 Å². The van der Waals surface area contributed by atoms with E-state index in [9.17, 15) is 4.79 Å². The van der Waals surface area contributed by atoms with Crippen molar-refractivity contribution in [3.63, 3.8) is 0 Å². The van der Waals surface area contributed by atoms with Gasteiger partial charge in [0.15, 0.2) is 0 Å². The third-order valence-electron chi connectivity index (χ3n) is 3.27. The first-order chi connectivity index (χ1) is 7.77. The van der Waals surface area contributed by atoms with Crippen LogP contribution in [0.3, 0.4) is 0 Å². The van der Waals surface area contributed by atoms with Gasteiger partial charge in [0.1, 0.15) is 0 Å². The smallest absolute Gasteiger partial charge is 0.233 e. The zero-order chi connectivity index (χ0) is 11.8. The molecule has 0 aromatic rings. The minimum Gasteiger partial charge on any atom is -0.396 e. The molecule has 0 spiro atoms. The fourth-order valence-electron chi connectivity index (χ4n) is 2.21. The summed E-state index contributed by atoms with van der Waals surface area (Å²) >= 11 is 0. The lowest BCUT2D eigenvalue weighted by molar-refractivity contribution is -0.120. The Morgan fingerprint density at radius 2 is 2.25 bits per heavy atom. The van der Waals surface area contributed by atoms with Crippen LogP contribution in [0.2, 0.25) is 0 Å². The molecule has 1 saturated carbocycles. The van der Waals surface area contributed by atoms with Crippen LogP contribution in [-0.4, -0.2) is 36.8 Å². The molecule has 16 heavy (non-hydrogen) atoms. The van der Waals surface area contributed by atoms with Gasteiger partial charge in [0, 0.05) is 19.2 Å². The number of carbonyl (C=O) groups excluding carboxylic acids is 1. The van der Waals surface area contributed by atoms with Gasteiger partial charge in [0.05, 0.1) is 6.54 Å². The summed E-state index contributed by atoms with van der Waals surface area (Å²) in [5.74, 6) is 0.403. The molecule has 4 nitrogen and oxygen atoms in total. The maximum Gasteiger partial charge on any atom is 0.233 e. The van der Waals surface area contributed by atoms with Crippen molar-refractivity contribution in [3.05, 3.63) is 0 Å². The van der Waals surface area contributed by atoms with Gasteiger partial charge in [-0.3, -0.25) is 4.79 Å². The van der Waals surface area contributed by atoms with Crippen LogP contribution in [0.4, 0.5) is 0 Å². The van der Waals surface area contributed by atoms with Gasteiger partial charge in [-0.05, 0) is 25.2 Å². The van der Waals surface area contributed by atoms with E-state index in [1.165, 1.54) is 0 Å². The Morgan fingerprint density at radius 1 is 1.44 bits per heavy atom. The number of aliphatic hydroxyl groups excluding tert-OH is 1. The summed E-state index contributed by atoms with van der Waals surface area (Å²) in [5.41, 5.74) is 0. The zero-order valence-electron chi connectivity index (χ0n) is 10.2. The van der Waals surface area contributed by atoms with E-state index in [0.29, 0.717) is 18.5 Å². The van der Waals surface area contributed by atoms with E-state index in [1.54, 1.807) is 0 Å². The number of hydrogen-bond donors (Lipinski definition) is 3. The molecule has 1 amide bonds. The van der Waals surface area contributed by atoms with Gasteiger partial charge in [-0.25, -0.2) is 0 Å². The molecule has 4 heteroatoms. The van der Waals surface area contributed by atoms with Crippen molar-refractivity contribution in [2.75, 3.05) is 19.7 Å². The second-order valence-corrected chi connectivity index (χ2v) is 4.56. The largest absolute Gasteiger partial charge is 0.396 e. The number of rotatable bonds is 7. The van der Waals surface area contributed by atoms with Crippen molar-refractivity contribution in [3.8, 4) is 0 Å². The molecule has 1 rings (SSSR count). The van der Waals surface area contributed by atoms with Crippen LogP contribution < -0.4 is 10.6 Å². The molecule has 0 bridgehead atoms. The summed E-state index contributed by atoms with van der Waals surface area (Å²) in [6.45, 7) is 3.49. The molecule has 0 heterocycles. The van der Waals surface area contributed by atoms with E-state index in [0.717, 1.165) is 38.6 Å². The first kappa shape index (κ1) is 13.5. The van der Waals surface area contributed by atoms with E-state index < -0.39 is 0 Å². The highest BCUT2D eigenvalue weighted by Gasteiger charge is 2.26. The Kier molecular flexibility index (Phi) is 6.42. The van der Waals surface area contributed by atoms with Crippen LogP contribution in [-0.2, 0) is 4.79 Å². The predicted octanol–water partition coefficient (Wildman–Crippen LogP) is 0.653. The molecule has 1 aliphatic carbocycles. The maximum atomic E-state index is 11.4. The average molecular weight is 228 g/mol. The summed E-state index contributed by atoms with van der Waals surface area (Å²) in [6.07, 6.45) is 5.44. The molecule has 0 aromatic carbocycles. The molecule has 1 fully saturated rings. The summed E-state index contributed by atoms with van der Waals surface area (Å²) in [7, 11) is 0. The van der Waals surface area contributed by atoms with E-state index in [2.05, 4.69) is 17.6 Å².